The zero-order valence-corrected chi connectivity index (χ0v) is 10.7. The van der Waals surface area contributed by atoms with Crippen LogP contribution in [0.3, 0.4) is 0 Å². The lowest BCUT2D eigenvalue weighted by Crippen LogP contribution is -2.20. The molecule has 0 radical (unpaired) electrons. The summed E-state index contributed by atoms with van der Waals surface area (Å²) in [6, 6.07) is 9.99. The van der Waals surface area contributed by atoms with E-state index in [1.807, 2.05) is 0 Å². The molecule has 0 spiro atoms. The topological polar surface area (TPSA) is 71.1 Å². The number of urea groups is 1. The van der Waals surface area contributed by atoms with Gasteiger partial charge in [0.1, 0.15) is 5.82 Å². The van der Waals surface area contributed by atoms with Crippen LogP contribution in [0.5, 0.6) is 0 Å². The van der Waals surface area contributed by atoms with Crippen molar-refractivity contribution in [2.45, 2.75) is 6.92 Å². The summed E-state index contributed by atoms with van der Waals surface area (Å²) in [6.45, 7) is 1.46. The van der Waals surface area contributed by atoms with Crippen LogP contribution in [0.15, 0.2) is 42.5 Å². The maximum absolute atomic E-state index is 12.8. The molecule has 2 aromatic rings. The molecule has 0 saturated heterocycles. The van der Waals surface area contributed by atoms with E-state index in [0.29, 0.717) is 11.3 Å². The molecule has 0 unspecified atom stereocenters. The fourth-order valence-electron chi connectivity index (χ4n) is 1.54. The molecule has 2 N–H and O–H groups in total. The molecule has 0 aliphatic carbocycles. The summed E-state index contributed by atoms with van der Waals surface area (Å²) >= 11 is 0. The zero-order chi connectivity index (χ0) is 14.5. The highest BCUT2D eigenvalue weighted by Crippen LogP contribution is 2.11. The maximum Gasteiger partial charge on any atom is 0.324 e. The number of rotatable bonds is 3. The highest BCUT2D eigenvalue weighted by atomic mass is 19.1. The summed E-state index contributed by atoms with van der Waals surface area (Å²) in [4.78, 5) is 26.3. The molecule has 1 heterocycles. The summed E-state index contributed by atoms with van der Waals surface area (Å²) in [6.07, 6.45) is 0. The Labute approximate surface area is 114 Å². The monoisotopic (exact) mass is 273 g/mol. The SMILES string of the molecule is CC(=O)c1ccc(NC(=O)Nc2cccc(F)n2)cc1. The highest BCUT2D eigenvalue weighted by molar-refractivity contribution is 6.00. The second-order valence-corrected chi connectivity index (χ2v) is 4.06. The first-order chi connectivity index (χ1) is 9.54. The Bertz CT molecular complexity index is 641. The van der Waals surface area contributed by atoms with E-state index < -0.39 is 12.0 Å². The van der Waals surface area contributed by atoms with Crippen molar-refractivity contribution in [2.75, 3.05) is 10.6 Å². The lowest BCUT2D eigenvalue weighted by Gasteiger charge is -2.07. The number of hydrogen-bond donors (Lipinski definition) is 2. The van der Waals surface area contributed by atoms with Crippen molar-refractivity contribution in [1.82, 2.24) is 4.98 Å². The smallest absolute Gasteiger partial charge is 0.308 e. The molecule has 0 atom stereocenters. The minimum Gasteiger partial charge on any atom is -0.308 e. The molecule has 6 heteroatoms. The number of benzene rings is 1. The third kappa shape index (κ3) is 3.61. The van der Waals surface area contributed by atoms with Gasteiger partial charge in [0, 0.05) is 11.3 Å². The Morgan fingerprint density at radius 2 is 1.75 bits per heavy atom. The molecule has 0 aliphatic heterocycles. The maximum atomic E-state index is 12.8. The largest absolute Gasteiger partial charge is 0.324 e. The Morgan fingerprint density at radius 3 is 2.35 bits per heavy atom. The standard InChI is InChI=1S/C14H12FN3O2/c1-9(19)10-5-7-11(8-6-10)16-14(20)18-13-4-2-3-12(15)17-13/h2-8H,1H3,(H2,16,17,18,20). The highest BCUT2D eigenvalue weighted by Gasteiger charge is 2.05. The van der Waals surface area contributed by atoms with Crippen molar-refractivity contribution in [3.63, 3.8) is 0 Å². The van der Waals surface area contributed by atoms with Crippen molar-refractivity contribution in [3.8, 4) is 0 Å². The molecule has 1 aromatic carbocycles. The third-order valence-corrected chi connectivity index (χ3v) is 2.51. The van der Waals surface area contributed by atoms with Crippen LogP contribution in [-0.4, -0.2) is 16.8 Å². The molecule has 5 nitrogen and oxygen atoms in total. The number of nitrogens with one attached hydrogen (secondary N) is 2. The van der Waals surface area contributed by atoms with Gasteiger partial charge in [0.05, 0.1) is 0 Å². The number of Topliss-reactive ketones (excluding diaryl/α,β-unsaturated/α-hetero) is 1. The van der Waals surface area contributed by atoms with Gasteiger partial charge in [-0.2, -0.15) is 4.39 Å². The summed E-state index contributed by atoms with van der Waals surface area (Å²) in [5.74, 6) is -0.610. The first kappa shape index (κ1) is 13.7. The first-order valence-electron chi connectivity index (χ1n) is 5.86. The molecule has 2 amide bonds. The number of ketones is 1. The average Bonchev–Trinajstić information content (AvgIpc) is 2.39. The Balaban J connectivity index is 1.99. The lowest BCUT2D eigenvalue weighted by atomic mass is 10.1. The van der Waals surface area contributed by atoms with Crippen LogP contribution in [0.25, 0.3) is 0 Å². The van der Waals surface area contributed by atoms with Gasteiger partial charge < -0.3 is 5.32 Å². The van der Waals surface area contributed by atoms with Crippen LogP contribution in [0, 0.1) is 5.95 Å². The molecule has 1 aromatic heterocycles. The normalized spacial score (nSPS) is 9.90. The summed E-state index contributed by atoms with van der Waals surface area (Å²) in [5.41, 5.74) is 1.08. The summed E-state index contributed by atoms with van der Waals surface area (Å²) < 4.78 is 12.8. The second kappa shape index (κ2) is 5.92. The van der Waals surface area contributed by atoms with Crippen LogP contribution in [-0.2, 0) is 0 Å². The first-order valence-corrected chi connectivity index (χ1v) is 5.86. The molecular weight excluding hydrogens is 261 g/mol. The van der Waals surface area contributed by atoms with Crippen molar-refractivity contribution in [3.05, 3.63) is 54.0 Å². The van der Waals surface area contributed by atoms with Crippen molar-refractivity contribution in [2.24, 2.45) is 0 Å². The van der Waals surface area contributed by atoms with Crippen LogP contribution in [0.2, 0.25) is 0 Å². The second-order valence-electron chi connectivity index (χ2n) is 4.06. The number of pyridine rings is 1. The fourth-order valence-corrected chi connectivity index (χ4v) is 1.54. The number of amides is 2. The third-order valence-electron chi connectivity index (χ3n) is 2.51. The van der Waals surface area contributed by atoms with Crippen molar-refractivity contribution >= 4 is 23.3 Å². The van der Waals surface area contributed by atoms with Gasteiger partial charge in [-0.25, -0.2) is 9.78 Å². The number of halogens is 1. The molecule has 0 aliphatic rings. The minimum absolute atomic E-state index is 0.0510. The molecule has 0 fully saturated rings. The summed E-state index contributed by atoms with van der Waals surface area (Å²) in [5, 5.41) is 4.95. The van der Waals surface area contributed by atoms with E-state index in [-0.39, 0.29) is 11.6 Å². The van der Waals surface area contributed by atoms with Crippen molar-refractivity contribution < 1.29 is 14.0 Å². The van der Waals surface area contributed by atoms with Gasteiger partial charge in [-0.1, -0.05) is 6.07 Å². The van der Waals surface area contributed by atoms with Gasteiger partial charge in [-0.3, -0.25) is 10.1 Å². The number of hydrogen-bond acceptors (Lipinski definition) is 3. The van der Waals surface area contributed by atoms with Gasteiger partial charge in [0.25, 0.3) is 0 Å². The van der Waals surface area contributed by atoms with Crippen LogP contribution >= 0.6 is 0 Å². The zero-order valence-electron chi connectivity index (χ0n) is 10.7. The number of anilines is 2. The minimum atomic E-state index is -0.673. The van der Waals surface area contributed by atoms with E-state index in [0.717, 1.165) is 0 Å². The van der Waals surface area contributed by atoms with E-state index in [2.05, 4.69) is 15.6 Å². The predicted octanol–water partition coefficient (Wildman–Crippen LogP) is 3.07. The molecule has 20 heavy (non-hydrogen) atoms. The average molecular weight is 273 g/mol. The van der Waals surface area contributed by atoms with E-state index >= 15 is 0 Å². The number of carbonyl (C=O) groups is 2. The molecule has 2 rings (SSSR count). The quantitative estimate of drug-likeness (QED) is 0.667. The fraction of sp³-hybridized carbons (Fsp3) is 0.0714. The Morgan fingerprint density at radius 1 is 1.05 bits per heavy atom. The van der Waals surface area contributed by atoms with Gasteiger partial charge in [0.2, 0.25) is 5.95 Å². The van der Waals surface area contributed by atoms with E-state index in [1.165, 1.54) is 25.1 Å². The van der Waals surface area contributed by atoms with Gasteiger partial charge in [-0.15, -0.1) is 0 Å². The van der Waals surface area contributed by atoms with Gasteiger partial charge in [-0.05, 0) is 43.3 Å². The van der Waals surface area contributed by atoms with E-state index in [1.54, 1.807) is 24.3 Å². The Hall–Kier alpha value is -2.76. The van der Waals surface area contributed by atoms with Gasteiger partial charge in [0.15, 0.2) is 5.78 Å². The summed E-state index contributed by atoms with van der Waals surface area (Å²) in [7, 11) is 0. The molecule has 0 saturated carbocycles. The van der Waals surface area contributed by atoms with Crippen LogP contribution < -0.4 is 10.6 Å². The molecule has 102 valence electrons. The molecule has 0 bridgehead atoms. The number of aromatic nitrogens is 1. The Kier molecular flexibility index (Phi) is 4.05. The number of carbonyl (C=O) groups excluding carboxylic acids is 2. The molecular formula is C14H12FN3O2. The van der Waals surface area contributed by atoms with E-state index in [4.69, 9.17) is 0 Å². The predicted molar refractivity (Wildman–Crippen MR) is 73.3 cm³/mol. The van der Waals surface area contributed by atoms with Crippen LogP contribution in [0.4, 0.5) is 20.7 Å². The van der Waals surface area contributed by atoms with E-state index in [9.17, 15) is 14.0 Å². The lowest BCUT2D eigenvalue weighted by molar-refractivity contribution is 0.101. The van der Waals surface area contributed by atoms with Gasteiger partial charge >= 0.3 is 6.03 Å². The number of nitrogens with zero attached hydrogens (tertiary/aromatic N) is 1. The van der Waals surface area contributed by atoms with Crippen LogP contribution in [0.1, 0.15) is 17.3 Å². The van der Waals surface area contributed by atoms with Crippen molar-refractivity contribution in [1.29, 1.82) is 0 Å².